The van der Waals surface area contributed by atoms with E-state index in [0.717, 1.165) is 24.3 Å². The molecule has 8 nitrogen and oxygen atoms in total. The zero-order chi connectivity index (χ0) is 22.5. The summed E-state index contributed by atoms with van der Waals surface area (Å²) >= 11 is 1.37. The summed E-state index contributed by atoms with van der Waals surface area (Å²) in [5.74, 6) is 0.444. The first kappa shape index (κ1) is 21.6. The highest BCUT2D eigenvalue weighted by atomic mass is 32.2. The Hall–Kier alpha value is -3.59. The molecule has 0 bridgehead atoms. The van der Waals surface area contributed by atoms with Gasteiger partial charge in [-0.05, 0) is 36.0 Å². The Labute approximate surface area is 190 Å². The van der Waals surface area contributed by atoms with Gasteiger partial charge in [0.15, 0.2) is 5.17 Å². The van der Waals surface area contributed by atoms with Crippen LogP contribution in [-0.2, 0) is 4.79 Å². The molecule has 9 heteroatoms. The lowest BCUT2D eigenvalue weighted by atomic mass is 10.2. The van der Waals surface area contributed by atoms with Gasteiger partial charge in [0, 0.05) is 49.6 Å². The molecule has 0 aromatic heterocycles. The van der Waals surface area contributed by atoms with Crippen LogP contribution in [0.4, 0.5) is 11.4 Å². The second-order valence-corrected chi connectivity index (χ2v) is 8.20. The average molecular weight is 451 g/mol. The van der Waals surface area contributed by atoms with Gasteiger partial charge >= 0.3 is 0 Å². The van der Waals surface area contributed by atoms with Gasteiger partial charge in [-0.25, -0.2) is 0 Å². The van der Waals surface area contributed by atoms with Crippen molar-refractivity contribution in [3.63, 3.8) is 0 Å². The summed E-state index contributed by atoms with van der Waals surface area (Å²) < 4.78 is 5.68. The molecule has 2 aliphatic rings. The Morgan fingerprint density at radius 2 is 1.78 bits per heavy atom. The molecular weight excluding hydrogens is 428 g/mol. The highest BCUT2D eigenvalue weighted by molar-refractivity contribution is 8.18. The van der Waals surface area contributed by atoms with Crippen molar-refractivity contribution in [1.82, 2.24) is 4.90 Å². The van der Waals surface area contributed by atoms with Gasteiger partial charge in [-0.2, -0.15) is 4.99 Å². The van der Waals surface area contributed by atoms with Gasteiger partial charge in [0.2, 0.25) is 0 Å². The number of hydrogen-bond donors (Lipinski definition) is 0. The van der Waals surface area contributed by atoms with Crippen LogP contribution in [-0.4, -0.2) is 53.7 Å². The number of rotatable bonds is 6. The van der Waals surface area contributed by atoms with Crippen LogP contribution in [0.3, 0.4) is 0 Å². The standard InChI is InChI=1S/C23H22N4O4S/c1-2-15-31-20-6-4-3-5-17(20)16-21-22(28)24-23(32-21)26-13-11-25(12-14-26)18-7-9-19(10-8-18)27(29)30/h2-10,16H,1,11-15H2/b21-16-. The van der Waals surface area contributed by atoms with Gasteiger partial charge < -0.3 is 14.5 Å². The fourth-order valence-corrected chi connectivity index (χ4v) is 4.45. The fraction of sp³-hybridized carbons (Fsp3) is 0.217. The maximum absolute atomic E-state index is 12.5. The first-order chi connectivity index (χ1) is 15.5. The molecule has 0 atom stereocenters. The number of piperazine rings is 1. The minimum atomic E-state index is -0.400. The van der Waals surface area contributed by atoms with Crippen LogP contribution < -0.4 is 9.64 Å². The van der Waals surface area contributed by atoms with Crippen LogP contribution in [0.15, 0.2) is 71.1 Å². The molecule has 4 rings (SSSR count). The quantitative estimate of drug-likeness (QED) is 0.285. The molecule has 2 aromatic rings. The van der Waals surface area contributed by atoms with Gasteiger partial charge in [-0.15, -0.1) is 0 Å². The molecule has 2 aliphatic heterocycles. The summed E-state index contributed by atoms with van der Waals surface area (Å²) in [6, 6.07) is 14.1. The number of hydrogen-bond acceptors (Lipinski definition) is 7. The second kappa shape index (κ2) is 9.69. The SMILES string of the molecule is C=CCOc1ccccc1/C=C1\SC(N2CCN(c3ccc([N+](=O)[O-])cc3)CC2)=NC1=O. The van der Waals surface area contributed by atoms with Gasteiger partial charge in [0.25, 0.3) is 11.6 Å². The third-order valence-electron chi connectivity index (χ3n) is 5.15. The number of thioether (sulfide) groups is 1. The topological polar surface area (TPSA) is 88.3 Å². The van der Waals surface area contributed by atoms with Crippen LogP contribution in [0.1, 0.15) is 5.56 Å². The average Bonchev–Trinajstić information content (AvgIpc) is 3.19. The van der Waals surface area contributed by atoms with E-state index in [4.69, 9.17) is 4.74 Å². The van der Waals surface area contributed by atoms with Crippen molar-refractivity contribution >= 4 is 40.3 Å². The van der Waals surface area contributed by atoms with Crippen molar-refractivity contribution in [1.29, 1.82) is 0 Å². The number of aliphatic imine (C=N–C) groups is 1. The van der Waals surface area contributed by atoms with Gasteiger partial charge in [0.05, 0.1) is 9.83 Å². The van der Waals surface area contributed by atoms with Crippen molar-refractivity contribution in [3.05, 3.63) is 81.8 Å². The van der Waals surface area contributed by atoms with Gasteiger partial charge in [-0.3, -0.25) is 14.9 Å². The minimum Gasteiger partial charge on any atom is -0.489 e. The Bertz CT molecular complexity index is 1090. The predicted molar refractivity (Wildman–Crippen MR) is 127 cm³/mol. The third-order valence-corrected chi connectivity index (χ3v) is 6.19. The molecule has 1 amide bonds. The van der Waals surface area contributed by atoms with E-state index in [1.807, 2.05) is 30.3 Å². The fourth-order valence-electron chi connectivity index (χ4n) is 3.50. The van der Waals surface area contributed by atoms with E-state index < -0.39 is 4.92 Å². The Balaban J connectivity index is 1.39. The first-order valence-electron chi connectivity index (χ1n) is 10.1. The predicted octanol–water partition coefficient (Wildman–Crippen LogP) is 3.95. The van der Waals surface area contributed by atoms with Crippen molar-refractivity contribution in [2.45, 2.75) is 0 Å². The van der Waals surface area contributed by atoms with E-state index in [2.05, 4.69) is 21.4 Å². The second-order valence-electron chi connectivity index (χ2n) is 7.20. The lowest BCUT2D eigenvalue weighted by molar-refractivity contribution is -0.384. The van der Waals surface area contributed by atoms with Crippen LogP contribution in [0.25, 0.3) is 6.08 Å². The number of nitrogens with zero attached hydrogens (tertiary/aromatic N) is 4. The van der Waals surface area contributed by atoms with E-state index in [9.17, 15) is 14.9 Å². The summed E-state index contributed by atoms with van der Waals surface area (Å²) in [5, 5.41) is 11.5. The summed E-state index contributed by atoms with van der Waals surface area (Å²) in [7, 11) is 0. The van der Waals surface area contributed by atoms with E-state index >= 15 is 0 Å². The van der Waals surface area contributed by atoms with Crippen molar-refractivity contribution in [2.75, 3.05) is 37.7 Å². The zero-order valence-corrected chi connectivity index (χ0v) is 18.2. The molecule has 1 saturated heterocycles. The van der Waals surface area contributed by atoms with Crippen molar-refractivity contribution in [2.24, 2.45) is 4.99 Å². The van der Waals surface area contributed by atoms with Crippen molar-refractivity contribution < 1.29 is 14.5 Å². The summed E-state index contributed by atoms with van der Waals surface area (Å²) in [6.45, 7) is 6.96. The maximum atomic E-state index is 12.5. The van der Waals surface area contributed by atoms with Crippen LogP contribution in [0, 0.1) is 10.1 Å². The number of para-hydroxylation sites is 1. The molecule has 2 aromatic carbocycles. The molecule has 0 radical (unpaired) electrons. The maximum Gasteiger partial charge on any atom is 0.286 e. The molecule has 0 N–H and O–H groups in total. The normalized spacial score (nSPS) is 17.4. The number of carbonyl (C=O) groups excluding carboxylic acids is 1. The smallest absolute Gasteiger partial charge is 0.286 e. The molecule has 1 fully saturated rings. The molecular formula is C23H22N4O4S. The number of anilines is 1. The number of non-ortho nitro benzene ring substituents is 1. The Morgan fingerprint density at radius 3 is 2.47 bits per heavy atom. The summed E-state index contributed by atoms with van der Waals surface area (Å²) in [5.41, 5.74) is 1.85. The lowest BCUT2D eigenvalue weighted by Crippen LogP contribution is -2.47. The molecule has 0 unspecified atom stereocenters. The van der Waals surface area contributed by atoms with Crippen molar-refractivity contribution in [3.8, 4) is 5.75 Å². The molecule has 164 valence electrons. The van der Waals surface area contributed by atoms with Crippen LogP contribution in [0.2, 0.25) is 0 Å². The number of ether oxygens (including phenoxy) is 1. The minimum absolute atomic E-state index is 0.0818. The largest absolute Gasteiger partial charge is 0.489 e. The van der Waals surface area contributed by atoms with E-state index in [0.29, 0.717) is 35.5 Å². The highest BCUT2D eigenvalue weighted by Gasteiger charge is 2.29. The van der Waals surface area contributed by atoms with E-state index in [1.54, 1.807) is 18.2 Å². The molecule has 0 spiro atoms. The van der Waals surface area contributed by atoms with Gasteiger partial charge in [0.1, 0.15) is 12.4 Å². The lowest BCUT2D eigenvalue weighted by Gasteiger charge is -2.36. The third kappa shape index (κ3) is 4.83. The zero-order valence-electron chi connectivity index (χ0n) is 17.3. The number of benzene rings is 2. The molecule has 2 heterocycles. The number of carbonyl (C=O) groups is 1. The highest BCUT2D eigenvalue weighted by Crippen LogP contribution is 2.33. The summed E-state index contributed by atoms with van der Waals surface area (Å²) in [4.78, 5) is 32.0. The summed E-state index contributed by atoms with van der Waals surface area (Å²) in [6.07, 6.45) is 3.49. The first-order valence-corrected chi connectivity index (χ1v) is 11.0. The van der Waals surface area contributed by atoms with E-state index in [1.165, 1.54) is 23.9 Å². The number of amides is 1. The monoisotopic (exact) mass is 450 g/mol. The number of nitro benzene ring substituents is 1. The van der Waals surface area contributed by atoms with Crippen LogP contribution >= 0.6 is 11.8 Å². The molecule has 32 heavy (non-hydrogen) atoms. The Morgan fingerprint density at radius 1 is 1.09 bits per heavy atom. The number of nitro groups is 1. The van der Waals surface area contributed by atoms with E-state index in [-0.39, 0.29) is 11.6 Å². The molecule has 0 saturated carbocycles. The van der Waals surface area contributed by atoms with Crippen LogP contribution in [0.5, 0.6) is 5.75 Å². The molecule has 0 aliphatic carbocycles. The number of amidine groups is 1. The van der Waals surface area contributed by atoms with Gasteiger partial charge in [-0.1, -0.05) is 30.9 Å². The Kier molecular flexibility index (Phi) is 6.55.